The first-order valence-corrected chi connectivity index (χ1v) is 1.53. The predicted octanol–water partition coefficient (Wildman–Crippen LogP) is -0.0543. The van der Waals surface area contributed by atoms with Gasteiger partial charge in [-0.15, -0.1) is 6.42 Å². The molecule has 0 aromatic carbocycles. The van der Waals surface area contributed by atoms with E-state index >= 15 is 0 Å². The van der Waals surface area contributed by atoms with Gasteiger partial charge in [0.15, 0.2) is 0 Å². The van der Waals surface area contributed by atoms with E-state index in [1.54, 1.807) is 0 Å². The standard InChI is InChI=1S/C4H6N2/c1-2-3-4(5)6/h1H,3H2,(H3,5,6). The van der Waals surface area contributed by atoms with Crippen molar-refractivity contribution in [3.8, 4) is 12.3 Å². The van der Waals surface area contributed by atoms with E-state index in [2.05, 4.69) is 5.92 Å². The number of amidine groups is 1. The third-order valence-corrected chi connectivity index (χ3v) is 0.293. The second kappa shape index (κ2) is 2.28. The molecule has 0 aromatic heterocycles. The molecule has 0 amide bonds. The fraction of sp³-hybridized carbons (Fsp3) is 0.250. The predicted molar refractivity (Wildman–Crippen MR) is 25.4 cm³/mol. The molecule has 0 aromatic rings. The van der Waals surface area contributed by atoms with Crippen molar-refractivity contribution in [2.24, 2.45) is 5.73 Å². The minimum Gasteiger partial charge on any atom is -0.387 e. The zero-order valence-electron chi connectivity index (χ0n) is 3.36. The summed E-state index contributed by atoms with van der Waals surface area (Å²) in [5.74, 6) is 2.27. The second-order valence-electron chi connectivity index (χ2n) is 0.906. The largest absolute Gasteiger partial charge is 0.387 e. The van der Waals surface area contributed by atoms with Gasteiger partial charge in [0.25, 0.3) is 0 Å². The van der Waals surface area contributed by atoms with Gasteiger partial charge < -0.3 is 5.73 Å². The van der Waals surface area contributed by atoms with Crippen molar-refractivity contribution in [1.29, 1.82) is 5.41 Å². The summed E-state index contributed by atoms with van der Waals surface area (Å²) in [6.07, 6.45) is 5.02. The average Bonchev–Trinajstić information content (AvgIpc) is 1.35. The number of hydrogen-bond donors (Lipinski definition) is 2. The zero-order valence-corrected chi connectivity index (χ0v) is 3.36. The maximum atomic E-state index is 6.53. The number of nitrogens with two attached hydrogens (primary N) is 1. The third kappa shape index (κ3) is 3.03. The van der Waals surface area contributed by atoms with Crippen molar-refractivity contribution < 1.29 is 0 Å². The molecule has 0 unspecified atom stereocenters. The number of terminal acetylenes is 1. The molecule has 2 heteroatoms. The molecule has 0 atom stereocenters. The summed E-state index contributed by atoms with van der Waals surface area (Å²) in [5, 5.41) is 6.53. The van der Waals surface area contributed by atoms with Gasteiger partial charge in [-0.1, -0.05) is 5.92 Å². The highest BCUT2D eigenvalue weighted by atomic mass is 14.7. The summed E-state index contributed by atoms with van der Waals surface area (Å²) < 4.78 is 0. The van der Waals surface area contributed by atoms with Gasteiger partial charge in [-0.05, 0) is 0 Å². The van der Waals surface area contributed by atoms with E-state index in [0.717, 1.165) is 0 Å². The van der Waals surface area contributed by atoms with Crippen LogP contribution in [-0.2, 0) is 0 Å². The molecule has 0 aliphatic heterocycles. The van der Waals surface area contributed by atoms with Crippen LogP contribution in [0, 0.1) is 17.8 Å². The number of rotatable bonds is 1. The third-order valence-electron chi connectivity index (χ3n) is 0.293. The molecular formula is C4H6N2. The Morgan fingerprint density at radius 3 is 2.50 bits per heavy atom. The fourth-order valence-electron chi connectivity index (χ4n) is 0.110. The van der Waals surface area contributed by atoms with Gasteiger partial charge in [0, 0.05) is 0 Å². The summed E-state index contributed by atoms with van der Waals surface area (Å²) in [4.78, 5) is 0. The van der Waals surface area contributed by atoms with Crippen molar-refractivity contribution in [3.63, 3.8) is 0 Å². The lowest BCUT2D eigenvalue weighted by atomic mass is 10.4. The summed E-state index contributed by atoms with van der Waals surface area (Å²) in [6, 6.07) is 0. The minimum atomic E-state index is 0.0532. The molecule has 3 N–H and O–H groups in total. The normalized spacial score (nSPS) is 6.50. The minimum absolute atomic E-state index is 0.0532. The van der Waals surface area contributed by atoms with Gasteiger partial charge >= 0.3 is 0 Å². The zero-order chi connectivity index (χ0) is 4.99. The lowest BCUT2D eigenvalue weighted by Gasteiger charge is -1.79. The molecule has 0 saturated carbocycles. The van der Waals surface area contributed by atoms with Crippen molar-refractivity contribution >= 4 is 5.84 Å². The van der Waals surface area contributed by atoms with E-state index in [4.69, 9.17) is 17.6 Å². The first-order chi connectivity index (χ1) is 2.77. The van der Waals surface area contributed by atoms with Gasteiger partial charge in [0.05, 0.1) is 6.42 Å². The van der Waals surface area contributed by atoms with Gasteiger partial charge in [0.2, 0.25) is 0 Å². The first kappa shape index (κ1) is 5.03. The van der Waals surface area contributed by atoms with Gasteiger partial charge in [-0.3, -0.25) is 5.41 Å². The summed E-state index contributed by atoms with van der Waals surface area (Å²) in [7, 11) is 0. The smallest absolute Gasteiger partial charge is 0.103 e. The van der Waals surface area contributed by atoms with E-state index < -0.39 is 0 Å². The molecule has 6 heavy (non-hydrogen) atoms. The highest BCUT2D eigenvalue weighted by Crippen LogP contribution is 1.65. The van der Waals surface area contributed by atoms with Crippen molar-refractivity contribution in [2.45, 2.75) is 6.42 Å². The quantitative estimate of drug-likeness (QED) is 0.260. The molecule has 0 spiro atoms. The van der Waals surface area contributed by atoms with Crippen LogP contribution in [0.15, 0.2) is 0 Å². The van der Waals surface area contributed by atoms with Crippen molar-refractivity contribution in [1.82, 2.24) is 0 Å². The van der Waals surface area contributed by atoms with Crippen LogP contribution < -0.4 is 5.73 Å². The lowest BCUT2D eigenvalue weighted by Crippen LogP contribution is -2.06. The molecule has 0 saturated heterocycles. The molecule has 0 aliphatic rings. The Labute approximate surface area is 36.9 Å². The maximum Gasteiger partial charge on any atom is 0.103 e. The van der Waals surface area contributed by atoms with Crippen LogP contribution in [0.4, 0.5) is 0 Å². The lowest BCUT2D eigenvalue weighted by molar-refractivity contribution is 1.35. The van der Waals surface area contributed by atoms with Gasteiger partial charge in [0.1, 0.15) is 5.84 Å². The summed E-state index contributed by atoms with van der Waals surface area (Å²) in [5.41, 5.74) is 4.84. The average molecular weight is 82.1 g/mol. The molecule has 0 aliphatic carbocycles. The Bertz CT molecular complexity index is 88.2. The van der Waals surface area contributed by atoms with Crippen LogP contribution in [0.3, 0.4) is 0 Å². The molecule has 0 radical (unpaired) electrons. The maximum absolute atomic E-state index is 6.53. The van der Waals surface area contributed by atoms with E-state index in [0.29, 0.717) is 0 Å². The topological polar surface area (TPSA) is 49.9 Å². The highest BCUT2D eigenvalue weighted by Gasteiger charge is 1.75. The van der Waals surface area contributed by atoms with E-state index in [1.165, 1.54) is 0 Å². The SMILES string of the molecule is C#CCC(=N)N. The van der Waals surface area contributed by atoms with Gasteiger partial charge in [-0.2, -0.15) is 0 Å². The molecule has 0 fully saturated rings. The van der Waals surface area contributed by atoms with Crippen LogP contribution >= 0.6 is 0 Å². The van der Waals surface area contributed by atoms with E-state index in [1.807, 2.05) is 0 Å². The summed E-state index contributed by atoms with van der Waals surface area (Å²) in [6.45, 7) is 0. The van der Waals surface area contributed by atoms with Crippen molar-refractivity contribution in [2.75, 3.05) is 0 Å². The number of nitrogens with one attached hydrogen (secondary N) is 1. The Hall–Kier alpha value is -0.970. The molecular weight excluding hydrogens is 76.1 g/mol. The summed E-state index contributed by atoms with van der Waals surface area (Å²) >= 11 is 0. The monoisotopic (exact) mass is 82.1 g/mol. The number of hydrogen-bond acceptors (Lipinski definition) is 1. The molecule has 0 heterocycles. The van der Waals surface area contributed by atoms with Crippen molar-refractivity contribution in [3.05, 3.63) is 0 Å². The van der Waals surface area contributed by atoms with Crippen LogP contribution in [0.2, 0.25) is 0 Å². The van der Waals surface area contributed by atoms with Crippen LogP contribution in [0.5, 0.6) is 0 Å². The van der Waals surface area contributed by atoms with Gasteiger partial charge in [-0.25, -0.2) is 0 Å². The molecule has 0 rings (SSSR count). The van der Waals surface area contributed by atoms with Crippen LogP contribution in [0.25, 0.3) is 0 Å². The second-order valence-corrected chi connectivity index (χ2v) is 0.906. The Kier molecular flexibility index (Phi) is 1.91. The Morgan fingerprint density at radius 1 is 2.00 bits per heavy atom. The Balaban J connectivity index is 3.13. The highest BCUT2D eigenvalue weighted by molar-refractivity contribution is 5.79. The molecule has 32 valence electrons. The Morgan fingerprint density at radius 2 is 2.50 bits per heavy atom. The molecule has 2 nitrogen and oxygen atoms in total. The fourth-order valence-corrected chi connectivity index (χ4v) is 0.110. The molecule has 0 bridgehead atoms. The van der Waals surface area contributed by atoms with E-state index in [9.17, 15) is 0 Å². The van der Waals surface area contributed by atoms with Crippen LogP contribution in [0.1, 0.15) is 6.42 Å². The van der Waals surface area contributed by atoms with Crippen LogP contribution in [-0.4, -0.2) is 5.84 Å². The van der Waals surface area contributed by atoms with E-state index in [-0.39, 0.29) is 12.3 Å². The first-order valence-electron chi connectivity index (χ1n) is 1.53.